The molecule has 0 bridgehead atoms. The lowest BCUT2D eigenvalue weighted by Crippen LogP contribution is -2.48. The van der Waals surface area contributed by atoms with Crippen LogP contribution in [0.2, 0.25) is 18.1 Å². The van der Waals surface area contributed by atoms with Crippen LogP contribution in [0.5, 0.6) is 0 Å². The second-order valence-corrected chi connectivity index (χ2v) is 15.6. The van der Waals surface area contributed by atoms with Crippen molar-refractivity contribution >= 4 is 42.6 Å². The molecule has 2 heterocycles. The average Bonchev–Trinajstić information content (AvgIpc) is 3.03. The van der Waals surface area contributed by atoms with Crippen LogP contribution in [0.25, 0.3) is 0 Å². The molecule has 174 valence electrons. The Bertz CT molecular complexity index is 1010. The number of aliphatic hydroxyl groups excluding tert-OH is 1. The minimum absolute atomic E-state index is 0.0278. The highest BCUT2D eigenvalue weighted by Gasteiger charge is 2.50. The van der Waals surface area contributed by atoms with Gasteiger partial charge in [-0.05, 0) is 36.3 Å². The lowest BCUT2D eigenvalue weighted by molar-refractivity contribution is -0.0501. The molecule has 0 unspecified atom stereocenters. The van der Waals surface area contributed by atoms with Gasteiger partial charge in [-0.15, -0.1) is 0 Å². The largest absolute Gasteiger partial charge is 0.408 e. The minimum Gasteiger partial charge on any atom is -0.408 e. The second kappa shape index (κ2) is 9.72. The molecular formula is C22H30IN3O5Si. The highest BCUT2D eigenvalue weighted by atomic mass is 127. The molecule has 1 fully saturated rings. The van der Waals surface area contributed by atoms with Crippen LogP contribution in [0.1, 0.15) is 37.4 Å². The summed E-state index contributed by atoms with van der Waals surface area (Å²) in [5.74, 6) is -0.191. The van der Waals surface area contributed by atoms with Crippen LogP contribution in [0.4, 0.5) is 5.82 Å². The molecule has 1 saturated heterocycles. The molecule has 2 aromatic rings. The Balaban J connectivity index is 1.86. The lowest BCUT2D eigenvalue weighted by Gasteiger charge is -2.40. The first-order valence-corrected chi connectivity index (χ1v) is 14.6. The molecule has 0 spiro atoms. The monoisotopic (exact) mass is 571 g/mol. The molecule has 0 aliphatic carbocycles. The summed E-state index contributed by atoms with van der Waals surface area (Å²) in [5, 5.41) is 12.4. The Hall–Kier alpha value is -1.60. The Labute approximate surface area is 202 Å². The Morgan fingerprint density at radius 2 is 1.94 bits per heavy atom. The smallest absolute Gasteiger partial charge is 0.351 e. The maximum atomic E-state index is 12.9. The van der Waals surface area contributed by atoms with Crippen LogP contribution in [0.3, 0.4) is 0 Å². The molecule has 1 aliphatic rings. The molecule has 1 amide bonds. The van der Waals surface area contributed by atoms with E-state index < -0.39 is 32.4 Å². The van der Waals surface area contributed by atoms with Gasteiger partial charge in [0.1, 0.15) is 11.9 Å². The molecule has 32 heavy (non-hydrogen) atoms. The van der Waals surface area contributed by atoms with Crippen molar-refractivity contribution in [3.63, 3.8) is 0 Å². The summed E-state index contributed by atoms with van der Waals surface area (Å²) in [4.78, 5) is 29.3. The van der Waals surface area contributed by atoms with Gasteiger partial charge in [0.25, 0.3) is 5.91 Å². The number of nitrogens with one attached hydrogen (secondary N) is 1. The van der Waals surface area contributed by atoms with Gasteiger partial charge >= 0.3 is 5.69 Å². The van der Waals surface area contributed by atoms with Crippen molar-refractivity contribution in [1.29, 1.82) is 0 Å². The van der Waals surface area contributed by atoms with E-state index in [1.54, 1.807) is 36.5 Å². The molecule has 10 heteroatoms. The fourth-order valence-corrected chi connectivity index (χ4v) is 5.64. The minimum atomic E-state index is -2.18. The van der Waals surface area contributed by atoms with Crippen molar-refractivity contribution in [2.45, 2.75) is 61.3 Å². The molecule has 2 N–H and O–H groups in total. The molecule has 0 saturated carbocycles. The molecule has 8 nitrogen and oxygen atoms in total. The van der Waals surface area contributed by atoms with Gasteiger partial charge < -0.3 is 19.6 Å². The fourth-order valence-electron chi connectivity index (χ4n) is 3.16. The first-order chi connectivity index (χ1) is 14.9. The van der Waals surface area contributed by atoms with Crippen LogP contribution in [0, 0.1) is 0 Å². The number of halogens is 1. The van der Waals surface area contributed by atoms with E-state index >= 15 is 0 Å². The quantitative estimate of drug-likeness (QED) is 0.312. The van der Waals surface area contributed by atoms with E-state index in [9.17, 15) is 14.7 Å². The predicted octanol–water partition coefficient (Wildman–Crippen LogP) is 3.58. The van der Waals surface area contributed by atoms with E-state index in [0.29, 0.717) is 5.56 Å². The number of rotatable bonds is 6. The zero-order valence-corrected chi connectivity index (χ0v) is 22.1. The van der Waals surface area contributed by atoms with Gasteiger partial charge in [0.2, 0.25) is 0 Å². The van der Waals surface area contributed by atoms with E-state index in [1.807, 2.05) is 6.07 Å². The molecule has 1 aromatic heterocycles. The van der Waals surface area contributed by atoms with Crippen LogP contribution in [-0.2, 0) is 9.16 Å². The third-order valence-corrected chi connectivity index (χ3v) is 12.0. The molecule has 4 atom stereocenters. The van der Waals surface area contributed by atoms with E-state index in [-0.39, 0.29) is 27.3 Å². The molecular weight excluding hydrogens is 541 g/mol. The normalized spacial score (nSPS) is 23.8. The van der Waals surface area contributed by atoms with Crippen LogP contribution in [-0.4, -0.2) is 51.6 Å². The first-order valence-electron chi connectivity index (χ1n) is 10.5. The van der Waals surface area contributed by atoms with Gasteiger partial charge in [-0.1, -0.05) is 61.6 Å². The number of carbonyl (C=O) groups is 1. The number of amides is 1. The highest BCUT2D eigenvalue weighted by Crippen LogP contribution is 2.43. The standard InChI is InChI=1S/C22H30IN3O5Si/c1-22(2,3)32(4,5)31-18-17(23)15(13-27)30-20(18)26-12-11-16(25-21(26)29)24-19(28)14-9-7-6-8-10-14/h6-12,15,17-18,20,27H,13H2,1-5H3,(H,24,25,28,29)/t15-,17+,18-,20-/m1/s1. The number of nitrogens with zero attached hydrogens (tertiary/aromatic N) is 2. The maximum absolute atomic E-state index is 12.9. The van der Waals surface area contributed by atoms with Crippen LogP contribution in [0.15, 0.2) is 47.4 Å². The Morgan fingerprint density at radius 3 is 2.50 bits per heavy atom. The summed E-state index contributed by atoms with van der Waals surface area (Å²) in [6.45, 7) is 10.6. The van der Waals surface area contributed by atoms with Gasteiger partial charge in [0.05, 0.1) is 16.6 Å². The number of alkyl halides is 1. The molecule has 1 aromatic carbocycles. The summed E-state index contributed by atoms with van der Waals surface area (Å²) >= 11 is 2.23. The number of anilines is 1. The summed E-state index contributed by atoms with van der Waals surface area (Å²) in [6.07, 6.45) is -0.0502. The lowest BCUT2D eigenvalue weighted by atomic mass is 10.2. The van der Waals surface area contributed by atoms with Gasteiger partial charge in [-0.25, -0.2) is 4.79 Å². The van der Waals surface area contributed by atoms with Crippen LogP contribution >= 0.6 is 22.6 Å². The number of hydrogen-bond donors (Lipinski definition) is 2. The third-order valence-electron chi connectivity index (χ3n) is 6.06. The number of carbonyl (C=O) groups excluding carboxylic acids is 1. The fraction of sp³-hybridized carbons (Fsp3) is 0.500. The number of hydrogen-bond acceptors (Lipinski definition) is 6. The Kier molecular flexibility index (Phi) is 7.60. The zero-order valence-electron chi connectivity index (χ0n) is 18.9. The predicted molar refractivity (Wildman–Crippen MR) is 134 cm³/mol. The van der Waals surface area contributed by atoms with Gasteiger partial charge in [-0.3, -0.25) is 9.36 Å². The van der Waals surface area contributed by atoms with Crippen LogP contribution < -0.4 is 11.0 Å². The first kappa shape index (κ1) is 25.0. The second-order valence-electron chi connectivity index (χ2n) is 9.36. The van der Waals surface area contributed by atoms with Gasteiger partial charge in [-0.2, -0.15) is 4.98 Å². The van der Waals surface area contributed by atoms with Crippen molar-refractivity contribution in [2.75, 3.05) is 11.9 Å². The number of aliphatic hydroxyl groups is 1. The molecule has 1 aliphatic heterocycles. The highest BCUT2D eigenvalue weighted by molar-refractivity contribution is 14.1. The molecule has 0 radical (unpaired) electrons. The van der Waals surface area contributed by atoms with Crippen molar-refractivity contribution in [2.24, 2.45) is 0 Å². The van der Waals surface area contributed by atoms with Crippen molar-refractivity contribution in [3.8, 4) is 0 Å². The number of ether oxygens (including phenoxy) is 1. The Morgan fingerprint density at radius 1 is 1.28 bits per heavy atom. The van der Waals surface area contributed by atoms with Crippen molar-refractivity contribution < 1.29 is 19.1 Å². The summed E-state index contributed by atoms with van der Waals surface area (Å²) in [5.41, 5.74) is -0.0918. The average molecular weight is 571 g/mol. The van der Waals surface area contributed by atoms with Gasteiger partial charge in [0.15, 0.2) is 14.5 Å². The topological polar surface area (TPSA) is 103 Å². The van der Waals surface area contributed by atoms with E-state index in [4.69, 9.17) is 9.16 Å². The third kappa shape index (κ3) is 5.30. The SMILES string of the molecule is CC(C)(C)[Si](C)(C)O[C@@H]1[C@@H](I)[C@@H](CO)O[C@H]1n1ccc(NC(=O)c2ccccc2)nc1=O. The number of benzene rings is 1. The summed E-state index contributed by atoms with van der Waals surface area (Å²) in [6, 6.07) is 10.3. The zero-order chi connectivity index (χ0) is 23.7. The van der Waals surface area contributed by atoms with Gasteiger partial charge in [0, 0.05) is 11.8 Å². The van der Waals surface area contributed by atoms with E-state index in [2.05, 4.69) is 66.8 Å². The summed E-state index contributed by atoms with van der Waals surface area (Å²) < 4.78 is 13.9. The van der Waals surface area contributed by atoms with E-state index in [1.165, 1.54) is 4.57 Å². The molecule has 3 rings (SSSR count). The maximum Gasteiger partial charge on any atom is 0.351 e. The number of aromatic nitrogens is 2. The summed E-state index contributed by atoms with van der Waals surface area (Å²) in [7, 11) is -2.18. The van der Waals surface area contributed by atoms with Crippen molar-refractivity contribution in [1.82, 2.24) is 9.55 Å². The van der Waals surface area contributed by atoms with E-state index in [0.717, 1.165) is 0 Å². The van der Waals surface area contributed by atoms with Crippen molar-refractivity contribution in [3.05, 3.63) is 58.6 Å².